The number of hydrogen-bond acceptors (Lipinski definition) is 1. The van der Waals surface area contributed by atoms with Crippen molar-refractivity contribution < 1.29 is 8.96 Å². The van der Waals surface area contributed by atoms with Gasteiger partial charge in [0.25, 0.3) is 0 Å². The summed E-state index contributed by atoms with van der Waals surface area (Å²) in [6.07, 6.45) is 1.86. The van der Waals surface area contributed by atoms with Gasteiger partial charge in [-0.1, -0.05) is 105 Å². The van der Waals surface area contributed by atoms with Gasteiger partial charge in [-0.25, -0.2) is 4.39 Å². The predicted octanol–water partition coefficient (Wildman–Crippen LogP) is 9.05. The number of benzene rings is 5. The summed E-state index contributed by atoms with van der Waals surface area (Å²) < 4.78 is 15.8. The summed E-state index contributed by atoms with van der Waals surface area (Å²) >= 11 is 0. The van der Waals surface area contributed by atoms with E-state index in [1.807, 2.05) is 22.8 Å². The summed E-state index contributed by atoms with van der Waals surface area (Å²) in [5.74, 6) is -0.249. The van der Waals surface area contributed by atoms with Gasteiger partial charge >= 0.3 is 0 Å². The third-order valence-corrected chi connectivity index (χ3v) is 7.96. The van der Waals surface area contributed by atoms with E-state index in [0.29, 0.717) is 0 Å². The van der Waals surface area contributed by atoms with Gasteiger partial charge in [0.2, 0.25) is 0 Å². The first-order valence-corrected chi connectivity index (χ1v) is 14.0. The molecule has 0 saturated heterocycles. The molecule has 0 bridgehead atoms. The second-order valence-electron chi connectivity index (χ2n) is 10.2. The summed E-state index contributed by atoms with van der Waals surface area (Å²) in [5, 5.41) is 8.89. The molecule has 5 aromatic carbocycles. The highest BCUT2D eigenvalue weighted by Gasteiger charge is 2.24. The molecule has 0 aliphatic rings. The van der Waals surface area contributed by atoms with Crippen molar-refractivity contribution in [3.63, 3.8) is 0 Å². The van der Waals surface area contributed by atoms with Crippen molar-refractivity contribution in [3.05, 3.63) is 151 Å². The number of aromatic nitrogens is 1. The van der Waals surface area contributed by atoms with E-state index in [9.17, 15) is 4.39 Å². The number of aryl methyl sites for hydroxylation is 2. The molecule has 198 valence electrons. The van der Waals surface area contributed by atoms with Crippen molar-refractivity contribution in [2.45, 2.75) is 32.7 Å². The highest BCUT2D eigenvalue weighted by molar-refractivity contribution is 6.09. The Bertz CT molecular complexity index is 1800. The molecule has 0 radical (unpaired) electrons. The zero-order chi connectivity index (χ0) is 27.6. The molecule has 1 N–H and O–H groups in total. The van der Waals surface area contributed by atoms with Crippen molar-refractivity contribution in [1.29, 1.82) is 0 Å². The number of rotatable bonds is 7. The Hall–Kier alpha value is -4.63. The van der Waals surface area contributed by atoms with Crippen LogP contribution in [0.2, 0.25) is 0 Å². The number of anilines is 1. The molecule has 40 heavy (non-hydrogen) atoms. The van der Waals surface area contributed by atoms with Crippen LogP contribution in [0.25, 0.3) is 32.8 Å². The Kier molecular flexibility index (Phi) is 6.96. The fraction of sp³-hybridized carbons (Fsp3) is 0.135. The van der Waals surface area contributed by atoms with Crippen molar-refractivity contribution in [1.82, 2.24) is 0 Å². The highest BCUT2D eigenvalue weighted by Crippen LogP contribution is 2.37. The Labute approximate surface area is 235 Å². The highest BCUT2D eigenvalue weighted by atomic mass is 19.1. The quantitative estimate of drug-likeness (QED) is 0.125. The Morgan fingerprint density at radius 2 is 1.32 bits per heavy atom. The van der Waals surface area contributed by atoms with E-state index in [0.717, 1.165) is 29.8 Å². The average molecular weight is 525 g/mol. The van der Waals surface area contributed by atoms with Crippen LogP contribution in [0, 0.1) is 12.9 Å². The monoisotopic (exact) mass is 524 g/mol. The van der Waals surface area contributed by atoms with Gasteiger partial charge in [-0.15, -0.1) is 0 Å². The topological polar surface area (TPSA) is 15.9 Å². The first kappa shape index (κ1) is 25.6. The van der Waals surface area contributed by atoms with Crippen LogP contribution in [0.3, 0.4) is 0 Å². The van der Waals surface area contributed by atoms with E-state index < -0.39 is 0 Å². The molecule has 0 spiro atoms. The molecule has 6 rings (SSSR count). The van der Waals surface area contributed by atoms with Crippen LogP contribution >= 0.6 is 0 Å². The molecule has 2 nitrogen and oxygen atoms in total. The number of pyridine rings is 1. The van der Waals surface area contributed by atoms with Crippen molar-refractivity contribution in [3.8, 4) is 11.3 Å². The number of nitrogens with one attached hydrogen (secondary N) is 1. The summed E-state index contributed by atoms with van der Waals surface area (Å²) in [6, 6.07) is 38.8. The van der Waals surface area contributed by atoms with Crippen LogP contribution in [0.1, 0.15) is 42.3 Å². The molecule has 6 aromatic rings. The summed E-state index contributed by atoms with van der Waals surface area (Å²) in [5.41, 5.74) is 7.82. The van der Waals surface area contributed by atoms with Gasteiger partial charge in [0.1, 0.15) is 17.2 Å². The zero-order valence-corrected chi connectivity index (χ0v) is 23.0. The lowest BCUT2D eigenvalue weighted by Gasteiger charge is -2.28. The second-order valence-corrected chi connectivity index (χ2v) is 10.2. The van der Waals surface area contributed by atoms with Gasteiger partial charge in [0, 0.05) is 12.7 Å². The molecular formula is C37H33FN2. The van der Waals surface area contributed by atoms with Crippen LogP contribution in [0.15, 0.2) is 115 Å². The molecule has 1 heterocycles. The van der Waals surface area contributed by atoms with Crippen molar-refractivity contribution >= 4 is 27.2 Å². The normalized spacial score (nSPS) is 12.1. The van der Waals surface area contributed by atoms with E-state index >= 15 is 0 Å². The standard InChI is InChI=1S/C37H33FN2/c1-4-25-13-10-14-26(5-2)36(25)39-37(35-19-11-18-34(40(35)3)27-20-22-29(38)23-21-27)33-24-28-12-6-7-15-30(28)31-16-8-9-17-32(31)33/h6-24,37,39H,3-5H2,1-2H3. The molecule has 0 aliphatic carbocycles. The minimum absolute atomic E-state index is 0.189. The van der Waals surface area contributed by atoms with Gasteiger partial charge in [0.05, 0.1) is 6.04 Å². The summed E-state index contributed by atoms with van der Waals surface area (Å²) in [7, 11) is 4.52. The van der Waals surface area contributed by atoms with E-state index in [-0.39, 0.29) is 11.9 Å². The minimum atomic E-state index is -0.249. The Morgan fingerprint density at radius 3 is 2.02 bits per heavy atom. The zero-order valence-electron chi connectivity index (χ0n) is 23.0. The lowest BCUT2D eigenvalue weighted by atomic mass is 9.90. The van der Waals surface area contributed by atoms with Gasteiger partial charge in [-0.3, -0.25) is 0 Å². The van der Waals surface area contributed by atoms with Gasteiger partial charge in [-0.2, -0.15) is 0 Å². The number of para-hydroxylation sites is 1. The SMILES string of the molecule is [CH2-][n+]1c(-c2ccc(F)cc2)cccc1C(Nc1c(CC)cccc1CC)c1cc2ccccc2c2ccccc12. The maximum absolute atomic E-state index is 13.8. The fourth-order valence-electron chi connectivity index (χ4n) is 5.89. The number of fused-ring (bicyclic) bond motifs is 3. The molecule has 1 unspecified atom stereocenters. The van der Waals surface area contributed by atoms with Crippen LogP contribution in [-0.4, -0.2) is 0 Å². The third kappa shape index (κ3) is 4.58. The van der Waals surface area contributed by atoms with Crippen LogP contribution < -0.4 is 9.88 Å². The molecule has 0 aliphatic heterocycles. The third-order valence-electron chi connectivity index (χ3n) is 7.96. The molecule has 0 fully saturated rings. The molecule has 0 amide bonds. The fourth-order valence-corrected chi connectivity index (χ4v) is 5.89. The van der Waals surface area contributed by atoms with Crippen LogP contribution in [0.4, 0.5) is 10.1 Å². The number of halogens is 1. The molecule has 1 atom stereocenters. The van der Waals surface area contributed by atoms with Crippen LogP contribution in [-0.2, 0) is 12.8 Å². The molecule has 3 heteroatoms. The van der Waals surface area contributed by atoms with Gasteiger partial charge in [-0.05, 0) is 80.9 Å². The van der Waals surface area contributed by atoms with Crippen LogP contribution in [0.5, 0.6) is 0 Å². The van der Waals surface area contributed by atoms with Gasteiger partial charge < -0.3 is 9.88 Å². The second kappa shape index (κ2) is 10.9. The molecule has 0 saturated carbocycles. The van der Waals surface area contributed by atoms with E-state index in [1.165, 1.54) is 56.1 Å². The summed E-state index contributed by atoms with van der Waals surface area (Å²) in [6.45, 7) is 4.41. The minimum Gasteiger partial charge on any atom is -0.379 e. The molecule has 1 aromatic heterocycles. The lowest BCUT2D eigenvalue weighted by Crippen LogP contribution is -2.38. The maximum atomic E-state index is 13.8. The van der Waals surface area contributed by atoms with E-state index in [1.54, 1.807) is 0 Å². The Morgan fingerprint density at radius 1 is 0.700 bits per heavy atom. The van der Waals surface area contributed by atoms with Crippen molar-refractivity contribution in [2.24, 2.45) is 0 Å². The Balaban J connectivity index is 1.63. The average Bonchev–Trinajstić information content (AvgIpc) is 3.00. The number of nitrogens with zero attached hydrogens (tertiary/aromatic N) is 1. The van der Waals surface area contributed by atoms with Crippen molar-refractivity contribution in [2.75, 3.05) is 5.32 Å². The van der Waals surface area contributed by atoms with E-state index in [4.69, 9.17) is 0 Å². The lowest BCUT2D eigenvalue weighted by molar-refractivity contribution is -0.610. The smallest absolute Gasteiger partial charge is 0.123 e. The van der Waals surface area contributed by atoms with E-state index in [2.05, 4.69) is 111 Å². The van der Waals surface area contributed by atoms with Gasteiger partial charge in [0.15, 0.2) is 0 Å². The summed E-state index contributed by atoms with van der Waals surface area (Å²) in [4.78, 5) is 0. The largest absolute Gasteiger partial charge is 0.379 e. The first-order valence-electron chi connectivity index (χ1n) is 14.0. The maximum Gasteiger partial charge on any atom is 0.123 e. The number of hydrogen-bond donors (Lipinski definition) is 1. The molecular weight excluding hydrogens is 491 g/mol. The predicted molar refractivity (Wildman–Crippen MR) is 165 cm³/mol. The first-order chi connectivity index (χ1) is 19.6.